The Kier molecular flexibility index (Phi) is 4.41. The van der Waals surface area contributed by atoms with E-state index >= 15 is 0 Å². The van der Waals surface area contributed by atoms with Gasteiger partial charge in [0.15, 0.2) is 11.5 Å². The van der Waals surface area contributed by atoms with E-state index in [0.29, 0.717) is 46.1 Å². The van der Waals surface area contributed by atoms with Crippen molar-refractivity contribution < 1.29 is 14.2 Å². The van der Waals surface area contributed by atoms with Crippen LogP contribution in [0.2, 0.25) is 10.0 Å². The Bertz CT molecular complexity index is 711. The molecule has 6 heteroatoms. The zero-order chi connectivity index (χ0) is 15.5. The van der Waals surface area contributed by atoms with Crippen LogP contribution in [-0.4, -0.2) is 25.3 Å². The first kappa shape index (κ1) is 15.0. The van der Waals surface area contributed by atoms with Crippen molar-refractivity contribution in [3.63, 3.8) is 0 Å². The topological polar surface area (TPSA) is 40.6 Å². The highest BCUT2D eigenvalue weighted by Crippen LogP contribution is 2.42. The van der Waals surface area contributed by atoms with Crippen molar-refractivity contribution in [2.24, 2.45) is 0 Å². The molecule has 0 aliphatic carbocycles. The minimum atomic E-state index is 0.489. The molecule has 1 aliphatic heterocycles. The molecule has 0 saturated carbocycles. The van der Waals surface area contributed by atoms with Crippen molar-refractivity contribution in [3.05, 3.63) is 45.7 Å². The van der Waals surface area contributed by atoms with Crippen LogP contribution >= 0.6 is 23.2 Å². The Morgan fingerprint density at radius 3 is 2.41 bits per heavy atom. The van der Waals surface area contributed by atoms with Gasteiger partial charge < -0.3 is 14.2 Å². The molecule has 0 amide bonds. The highest BCUT2D eigenvalue weighted by atomic mass is 35.5. The number of aromatic nitrogens is 1. The summed E-state index contributed by atoms with van der Waals surface area (Å²) in [6, 6.07) is 3.73. The highest BCUT2D eigenvalue weighted by molar-refractivity contribution is 6.37. The zero-order valence-electron chi connectivity index (χ0n) is 11.8. The Morgan fingerprint density at radius 1 is 1.05 bits per heavy atom. The predicted molar refractivity (Wildman–Crippen MR) is 87.2 cm³/mol. The molecule has 0 saturated heterocycles. The zero-order valence-corrected chi connectivity index (χ0v) is 13.3. The average Bonchev–Trinajstić information content (AvgIpc) is 2.54. The molecule has 0 spiro atoms. The second-order valence-corrected chi connectivity index (χ2v) is 5.38. The van der Waals surface area contributed by atoms with E-state index in [1.165, 1.54) is 0 Å². The van der Waals surface area contributed by atoms with E-state index in [-0.39, 0.29) is 0 Å². The van der Waals surface area contributed by atoms with Crippen molar-refractivity contribution >= 4 is 35.4 Å². The Balaban J connectivity index is 2.01. The van der Waals surface area contributed by atoms with E-state index in [4.69, 9.17) is 37.4 Å². The highest BCUT2D eigenvalue weighted by Gasteiger charge is 2.19. The SMILES string of the molecule is COc1ccc(C=Cc2c(Cl)cncc2Cl)c2c1OCCO2. The molecule has 2 heterocycles. The van der Waals surface area contributed by atoms with Gasteiger partial charge in [0.2, 0.25) is 5.75 Å². The van der Waals surface area contributed by atoms with Gasteiger partial charge in [-0.05, 0) is 12.1 Å². The molecule has 0 bridgehead atoms. The Morgan fingerprint density at radius 2 is 1.73 bits per heavy atom. The maximum absolute atomic E-state index is 6.11. The van der Waals surface area contributed by atoms with Crippen molar-refractivity contribution in [1.82, 2.24) is 4.98 Å². The van der Waals surface area contributed by atoms with E-state index in [2.05, 4.69) is 4.98 Å². The second-order valence-electron chi connectivity index (χ2n) is 4.56. The fourth-order valence-corrected chi connectivity index (χ4v) is 2.67. The summed E-state index contributed by atoms with van der Waals surface area (Å²) in [5, 5.41) is 0.978. The number of fused-ring (bicyclic) bond motifs is 1. The lowest BCUT2D eigenvalue weighted by molar-refractivity contribution is 0.165. The summed E-state index contributed by atoms with van der Waals surface area (Å²) in [6.45, 7) is 0.996. The number of hydrogen-bond donors (Lipinski definition) is 0. The van der Waals surface area contributed by atoms with Gasteiger partial charge >= 0.3 is 0 Å². The van der Waals surface area contributed by atoms with Crippen LogP contribution in [0.1, 0.15) is 11.1 Å². The monoisotopic (exact) mass is 337 g/mol. The number of nitrogens with zero attached hydrogens (tertiary/aromatic N) is 1. The molecule has 4 nitrogen and oxygen atoms in total. The summed E-state index contributed by atoms with van der Waals surface area (Å²) in [7, 11) is 1.60. The van der Waals surface area contributed by atoms with Crippen molar-refractivity contribution in [2.75, 3.05) is 20.3 Å². The number of ether oxygens (including phenoxy) is 3. The van der Waals surface area contributed by atoms with Crippen LogP contribution in [0.3, 0.4) is 0 Å². The van der Waals surface area contributed by atoms with Gasteiger partial charge in [-0.25, -0.2) is 0 Å². The van der Waals surface area contributed by atoms with Crippen LogP contribution in [0.15, 0.2) is 24.5 Å². The third-order valence-corrected chi connectivity index (χ3v) is 3.82. The van der Waals surface area contributed by atoms with Gasteiger partial charge in [-0.2, -0.15) is 0 Å². The van der Waals surface area contributed by atoms with Gasteiger partial charge in [0.1, 0.15) is 13.2 Å². The van der Waals surface area contributed by atoms with Gasteiger partial charge in [-0.15, -0.1) is 0 Å². The molecule has 0 atom stereocenters. The normalized spacial score (nSPS) is 13.4. The summed E-state index contributed by atoms with van der Waals surface area (Å²) in [5.74, 6) is 1.91. The molecule has 1 aromatic carbocycles. The minimum Gasteiger partial charge on any atom is -0.493 e. The largest absolute Gasteiger partial charge is 0.493 e. The molecule has 1 aliphatic rings. The van der Waals surface area contributed by atoms with E-state index in [0.717, 1.165) is 5.56 Å². The lowest BCUT2D eigenvalue weighted by atomic mass is 10.1. The lowest BCUT2D eigenvalue weighted by Gasteiger charge is -2.22. The molecule has 0 radical (unpaired) electrons. The average molecular weight is 338 g/mol. The number of benzene rings is 1. The van der Waals surface area contributed by atoms with Crippen molar-refractivity contribution in [3.8, 4) is 17.2 Å². The fourth-order valence-electron chi connectivity index (χ4n) is 2.18. The number of halogens is 2. The second kappa shape index (κ2) is 6.46. The molecule has 2 aromatic rings. The summed E-state index contributed by atoms with van der Waals surface area (Å²) < 4.78 is 16.6. The van der Waals surface area contributed by atoms with Crippen LogP contribution in [0.5, 0.6) is 17.2 Å². The van der Waals surface area contributed by atoms with Gasteiger partial charge in [-0.3, -0.25) is 4.98 Å². The van der Waals surface area contributed by atoms with E-state index in [1.54, 1.807) is 19.5 Å². The van der Waals surface area contributed by atoms with Gasteiger partial charge in [0, 0.05) is 23.5 Å². The minimum absolute atomic E-state index is 0.489. The number of pyridine rings is 1. The first-order valence-corrected chi connectivity index (χ1v) is 7.40. The summed E-state index contributed by atoms with van der Waals surface area (Å²) in [5.41, 5.74) is 1.57. The smallest absolute Gasteiger partial charge is 0.204 e. The summed E-state index contributed by atoms with van der Waals surface area (Å²) in [4.78, 5) is 3.93. The Labute approximate surface area is 138 Å². The van der Waals surface area contributed by atoms with Gasteiger partial charge in [-0.1, -0.05) is 35.4 Å². The predicted octanol–water partition coefficient (Wildman–Crippen LogP) is 4.34. The third-order valence-electron chi connectivity index (χ3n) is 3.22. The summed E-state index contributed by atoms with van der Waals surface area (Å²) in [6.07, 6.45) is 6.80. The maximum Gasteiger partial charge on any atom is 0.204 e. The lowest BCUT2D eigenvalue weighted by Crippen LogP contribution is -2.16. The van der Waals surface area contributed by atoms with E-state index in [9.17, 15) is 0 Å². The number of hydrogen-bond acceptors (Lipinski definition) is 4. The molecular formula is C16H13Cl2NO3. The standard InChI is InChI=1S/C16H13Cl2NO3/c1-20-14-5-3-10(15-16(14)22-7-6-21-15)2-4-11-12(17)8-19-9-13(11)18/h2-5,8-9H,6-7H2,1H3. The maximum atomic E-state index is 6.11. The van der Waals surface area contributed by atoms with Crippen LogP contribution in [0.25, 0.3) is 12.2 Å². The molecule has 1 aromatic heterocycles. The fraction of sp³-hybridized carbons (Fsp3) is 0.188. The van der Waals surface area contributed by atoms with Crippen LogP contribution in [0, 0.1) is 0 Å². The van der Waals surface area contributed by atoms with Crippen LogP contribution in [-0.2, 0) is 0 Å². The molecular weight excluding hydrogens is 325 g/mol. The molecule has 0 unspecified atom stereocenters. The quantitative estimate of drug-likeness (QED) is 0.835. The first-order valence-electron chi connectivity index (χ1n) is 6.64. The molecule has 114 valence electrons. The van der Waals surface area contributed by atoms with Gasteiger partial charge in [0.05, 0.1) is 17.2 Å². The first-order chi connectivity index (χ1) is 10.7. The van der Waals surface area contributed by atoms with E-state index < -0.39 is 0 Å². The van der Waals surface area contributed by atoms with Crippen LogP contribution in [0.4, 0.5) is 0 Å². The molecule has 3 rings (SSSR count). The van der Waals surface area contributed by atoms with E-state index in [1.807, 2.05) is 24.3 Å². The molecule has 0 N–H and O–H groups in total. The Hall–Kier alpha value is -1.91. The molecule has 0 fully saturated rings. The number of rotatable bonds is 3. The van der Waals surface area contributed by atoms with Crippen LogP contribution < -0.4 is 14.2 Å². The summed E-state index contributed by atoms with van der Waals surface area (Å²) >= 11 is 12.2. The van der Waals surface area contributed by atoms with Gasteiger partial charge in [0.25, 0.3) is 0 Å². The third kappa shape index (κ3) is 2.85. The van der Waals surface area contributed by atoms with Crippen molar-refractivity contribution in [2.45, 2.75) is 0 Å². The number of methoxy groups -OCH3 is 1. The molecule has 22 heavy (non-hydrogen) atoms. The van der Waals surface area contributed by atoms with Crippen molar-refractivity contribution in [1.29, 1.82) is 0 Å².